The summed E-state index contributed by atoms with van der Waals surface area (Å²) in [6, 6.07) is 9.23. The average Bonchev–Trinajstić information content (AvgIpc) is 3.02. The summed E-state index contributed by atoms with van der Waals surface area (Å²) in [5.74, 6) is -0.343. The maximum absolute atomic E-state index is 12.8. The minimum Gasteiger partial charge on any atom is -0.465 e. The molecule has 2 aromatic rings. The number of nitrogens with zero attached hydrogens (tertiary/aromatic N) is 1. The van der Waals surface area contributed by atoms with E-state index in [9.17, 15) is 9.59 Å². The van der Waals surface area contributed by atoms with Crippen LogP contribution in [0.3, 0.4) is 0 Å². The van der Waals surface area contributed by atoms with Gasteiger partial charge in [0.25, 0.3) is 11.8 Å². The second-order valence-electron chi connectivity index (χ2n) is 5.70. The van der Waals surface area contributed by atoms with Crippen LogP contribution in [0, 0.1) is 13.8 Å². The van der Waals surface area contributed by atoms with Gasteiger partial charge in [-0.25, -0.2) is 0 Å². The van der Waals surface area contributed by atoms with Crippen molar-refractivity contribution < 1.29 is 14.0 Å². The van der Waals surface area contributed by atoms with Gasteiger partial charge in [-0.05, 0) is 73.6 Å². The predicted octanol–water partition coefficient (Wildman–Crippen LogP) is 3.28. The zero-order valence-electron chi connectivity index (χ0n) is 13.8. The van der Waals surface area contributed by atoms with Crippen LogP contribution < -0.4 is 10.2 Å². The first-order valence-corrected chi connectivity index (χ1v) is 8.06. The lowest BCUT2D eigenvalue weighted by Crippen LogP contribution is -2.54. The Kier molecular flexibility index (Phi) is 4.63. The van der Waals surface area contributed by atoms with Gasteiger partial charge >= 0.3 is 0 Å². The summed E-state index contributed by atoms with van der Waals surface area (Å²) in [7, 11) is 0. The molecule has 1 aliphatic heterocycles. The minimum atomic E-state index is -0.514. The van der Waals surface area contributed by atoms with Gasteiger partial charge in [-0.1, -0.05) is 12.1 Å². The van der Waals surface area contributed by atoms with Crippen LogP contribution in [0.4, 0.5) is 5.69 Å². The second-order valence-corrected chi connectivity index (χ2v) is 6.09. The SMILES string of the molecule is Cc1cc(C)cc(N2C(=O)C(=CC=Cc3ccco3)C(=O)NC2=S)c1. The molecule has 1 aromatic carbocycles. The standard InChI is InChI=1S/C19H16N2O3S/c1-12-9-13(2)11-14(10-12)21-18(23)16(17(22)20-19(21)25)7-3-5-15-6-4-8-24-15/h3-11H,1-2H3,(H,20,22,25). The van der Waals surface area contributed by atoms with Crippen LogP contribution in [0.2, 0.25) is 0 Å². The van der Waals surface area contributed by atoms with Crippen LogP contribution in [0.25, 0.3) is 6.08 Å². The van der Waals surface area contributed by atoms with E-state index in [1.54, 1.807) is 30.5 Å². The summed E-state index contributed by atoms with van der Waals surface area (Å²) in [5, 5.41) is 2.64. The van der Waals surface area contributed by atoms with Gasteiger partial charge in [-0.2, -0.15) is 0 Å². The second kappa shape index (κ2) is 6.86. The third kappa shape index (κ3) is 3.59. The Balaban J connectivity index is 1.94. The third-order valence-corrected chi connectivity index (χ3v) is 3.92. The van der Waals surface area contributed by atoms with Gasteiger partial charge in [0.15, 0.2) is 5.11 Å². The van der Waals surface area contributed by atoms with E-state index in [1.165, 1.54) is 11.0 Å². The number of carbonyl (C=O) groups is 2. The fourth-order valence-corrected chi connectivity index (χ4v) is 2.90. The zero-order chi connectivity index (χ0) is 18.0. The van der Waals surface area contributed by atoms with Crippen molar-refractivity contribution in [2.45, 2.75) is 13.8 Å². The molecule has 0 aliphatic carbocycles. The smallest absolute Gasteiger partial charge is 0.270 e. The predicted molar refractivity (Wildman–Crippen MR) is 100.0 cm³/mol. The quantitative estimate of drug-likeness (QED) is 0.523. The number of thiocarbonyl (C=S) groups is 1. The Labute approximate surface area is 150 Å². The maximum Gasteiger partial charge on any atom is 0.270 e. The summed E-state index contributed by atoms with van der Waals surface area (Å²) in [4.78, 5) is 26.3. The summed E-state index contributed by atoms with van der Waals surface area (Å²) in [6.07, 6.45) is 6.27. The number of rotatable bonds is 3. The maximum atomic E-state index is 12.8. The summed E-state index contributed by atoms with van der Waals surface area (Å²) in [5.41, 5.74) is 2.65. The number of allylic oxidation sites excluding steroid dienone is 2. The molecule has 6 heteroatoms. The molecule has 0 spiro atoms. The van der Waals surface area contributed by atoms with Crippen LogP contribution in [-0.4, -0.2) is 16.9 Å². The van der Waals surface area contributed by atoms with Crippen molar-refractivity contribution >= 4 is 40.9 Å². The Morgan fingerprint density at radius 2 is 1.88 bits per heavy atom. The molecule has 3 rings (SSSR count). The van der Waals surface area contributed by atoms with E-state index in [4.69, 9.17) is 16.6 Å². The number of carbonyl (C=O) groups excluding carboxylic acids is 2. The van der Waals surface area contributed by atoms with E-state index in [0.29, 0.717) is 11.4 Å². The highest BCUT2D eigenvalue weighted by molar-refractivity contribution is 7.80. The molecule has 5 nitrogen and oxygen atoms in total. The van der Waals surface area contributed by atoms with E-state index >= 15 is 0 Å². The third-order valence-electron chi connectivity index (χ3n) is 3.63. The molecule has 1 saturated heterocycles. The molecule has 0 bridgehead atoms. The number of aryl methyl sites for hydroxylation is 2. The molecule has 0 unspecified atom stereocenters. The van der Waals surface area contributed by atoms with Gasteiger partial charge in [0.1, 0.15) is 11.3 Å². The summed E-state index contributed by atoms with van der Waals surface area (Å²) >= 11 is 5.19. The molecule has 1 fully saturated rings. The molecule has 0 radical (unpaired) electrons. The van der Waals surface area contributed by atoms with E-state index in [1.807, 2.05) is 32.0 Å². The molecular weight excluding hydrogens is 336 g/mol. The normalized spacial score (nSPS) is 16.8. The van der Waals surface area contributed by atoms with Crippen molar-refractivity contribution in [3.63, 3.8) is 0 Å². The first kappa shape index (κ1) is 16.9. The lowest BCUT2D eigenvalue weighted by molar-refractivity contribution is -0.122. The van der Waals surface area contributed by atoms with E-state index in [2.05, 4.69) is 5.32 Å². The number of nitrogens with one attached hydrogen (secondary N) is 1. The molecule has 1 aromatic heterocycles. The molecule has 2 amide bonds. The lowest BCUT2D eigenvalue weighted by Gasteiger charge is -2.29. The number of benzene rings is 1. The number of amides is 2. The van der Waals surface area contributed by atoms with Crippen molar-refractivity contribution in [2.75, 3.05) is 4.90 Å². The molecule has 25 heavy (non-hydrogen) atoms. The van der Waals surface area contributed by atoms with Crippen LogP contribution in [0.1, 0.15) is 16.9 Å². The van der Waals surface area contributed by atoms with Crippen molar-refractivity contribution in [2.24, 2.45) is 0 Å². The van der Waals surface area contributed by atoms with Gasteiger partial charge in [-0.3, -0.25) is 19.8 Å². The van der Waals surface area contributed by atoms with Crippen molar-refractivity contribution in [1.29, 1.82) is 0 Å². The Morgan fingerprint density at radius 1 is 1.16 bits per heavy atom. The Hall–Kier alpha value is -2.99. The van der Waals surface area contributed by atoms with E-state index in [-0.39, 0.29) is 10.7 Å². The van der Waals surface area contributed by atoms with Crippen molar-refractivity contribution in [1.82, 2.24) is 5.32 Å². The van der Waals surface area contributed by atoms with Crippen LogP contribution in [0.15, 0.2) is 58.7 Å². The number of hydrogen-bond donors (Lipinski definition) is 1. The monoisotopic (exact) mass is 352 g/mol. The fraction of sp³-hybridized carbons (Fsp3) is 0.105. The number of hydrogen-bond acceptors (Lipinski definition) is 4. The van der Waals surface area contributed by atoms with Gasteiger partial charge < -0.3 is 4.42 Å². The van der Waals surface area contributed by atoms with Gasteiger partial charge in [0.2, 0.25) is 0 Å². The van der Waals surface area contributed by atoms with Gasteiger partial charge in [-0.15, -0.1) is 0 Å². The fourth-order valence-electron chi connectivity index (χ4n) is 2.62. The highest BCUT2D eigenvalue weighted by Gasteiger charge is 2.34. The highest BCUT2D eigenvalue weighted by atomic mass is 32.1. The van der Waals surface area contributed by atoms with Gasteiger partial charge in [0, 0.05) is 0 Å². The molecule has 1 aliphatic rings. The minimum absolute atomic E-state index is 0.00978. The van der Waals surface area contributed by atoms with Gasteiger partial charge in [0.05, 0.1) is 12.0 Å². The van der Waals surface area contributed by atoms with Crippen LogP contribution in [-0.2, 0) is 9.59 Å². The molecule has 2 heterocycles. The Bertz CT molecular complexity index is 891. The van der Waals surface area contributed by atoms with Crippen LogP contribution >= 0.6 is 12.2 Å². The number of anilines is 1. The van der Waals surface area contributed by atoms with Crippen LogP contribution in [0.5, 0.6) is 0 Å². The number of furan rings is 1. The average molecular weight is 352 g/mol. The lowest BCUT2D eigenvalue weighted by atomic mass is 10.1. The summed E-state index contributed by atoms with van der Waals surface area (Å²) in [6.45, 7) is 3.88. The topological polar surface area (TPSA) is 62.6 Å². The van der Waals surface area contributed by atoms with E-state index in [0.717, 1.165) is 11.1 Å². The molecular formula is C19H16N2O3S. The zero-order valence-corrected chi connectivity index (χ0v) is 14.6. The highest BCUT2D eigenvalue weighted by Crippen LogP contribution is 2.23. The first-order chi connectivity index (χ1) is 12.0. The van der Waals surface area contributed by atoms with Crippen molar-refractivity contribution in [3.8, 4) is 0 Å². The Morgan fingerprint density at radius 3 is 2.52 bits per heavy atom. The largest absolute Gasteiger partial charge is 0.465 e. The molecule has 1 N–H and O–H groups in total. The molecule has 0 saturated carbocycles. The molecule has 0 atom stereocenters. The van der Waals surface area contributed by atoms with Crippen molar-refractivity contribution in [3.05, 3.63) is 71.2 Å². The van der Waals surface area contributed by atoms with E-state index < -0.39 is 11.8 Å². The first-order valence-electron chi connectivity index (χ1n) is 7.65. The molecule has 126 valence electrons. The summed E-state index contributed by atoms with van der Waals surface area (Å²) < 4.78 is 5.18.